The van der Waals surface area contributed by atoms with Crippen LogP contribution in [0.25, 0.3) is 11.2 Å². The maximum absolute atomic E-state index is 12.6. The van der Waals surface area contributed by atoms with Crippen molar-refractivity contribution in [2.75, 3.05) is 26.2 Å². The van der Waals surface area contributed by atoms with Crippen molar-refractivity contribution < 1.29 is 0 Å². The number of pyridine rings is 1. The van der Waals surface area contributed by atoms with Crippen molar-refractivity contribution in [3.8, 4) is 0 Å². The number of nitrogens with zero attached hydrogens (tertiary/aromatic N) is 6. The van der Waals surface area contributed by atoms with E-state index in [0.717, 1.165) is 30.7 Å². The van der Waals surface area contributed by atoms with Crippen LogP contribution in [0.3, 0.4) is 0 Å². The average molecular weight is 369 g/mol. The molecule has 142 valence electrons. The fourth-order valence-corrected chi connectivity index (χ4v) is 3.72. The summed E-state index contributed by atoms with van der Waals surface area (Å²) in [6, 6.07) is 4.29. The topological polar surface area (TPSA) is 90.0 Å². The molecule has 1 saturated heterocycles. The summed E-state index contributed by atoms with van der Waals surface area (Å²) in [4.78, 5) is 35.6. The number of piperazine rings is 1. The number of rotatable bonds is 4. The molecular weight excluding hydrogens is 346 g/mol. The Balaban J connectivity index is 1.61. The number of hydrogen-bond donors (Lipinski definition) is 1. The van der Waals surface area contributed by atoms with E-state index in [2.05, 4.69) is 26.3 Å². The standard InChI is InChI=1S/C18H23N7O2/c1-22-16-15(17(26)23(2)18(22)27)25(12-21-16)9-8-24-7-6-20-11-14(24)13-4-3-5-19-10-13/h3-5,10,12,14,20H,6-9,11H2,1-2H3. The number of fused-ring (bicyclic) bond motifs is 1. The van der Waals surface area contributed by atoms with Crippen LogP contribution in [0.5, 0.6) is 0 Å². The summed E-state index contributed by atoms with van der Waals surface area (Å²) in [6.07, 6.45) is 5.33. The number of aromatic nitrogens is 5. The fourth-order valence-electron chi connectivity index (χ4n) is 3.72. The Hall–Kier alpha value is -2.78. The smallest absolute Gasteiger partial charge is 0.323 e. The molecule has 3 aromatic heterocycles. The Kier molecular flexibility index (Phi) is 4.63. The van der Waals surface area contributed by atoms with Crippen LogP contribution in [0.2, 0.25) is 0 Å². The van der Waals surface area contributed by atoms with Gasteiger partial charge in [0.15, 0.2) is 11.2 Å². The minimum Gasteiger partial charge on any atom is -0.323 e. The lowest BCUT2D eigenvalue weighted by molar-refractivity contribution is 0.156. The van der Waals surface area contributed by atoms with Gasteiger partial charge in [-0.1, -0.05) is 6.07 Å². The van der Waals surface area contributed by atoms with Crippen molar-refractivity contribution in [2.24, 2.45) is 14.1 Å². The summed E-state index contributed by atoms with van der Waals surface area (Å²) in [6.45, 7) is 4.12. The van der Waals surface area contributed by atoms with Crippen LogP contribution in [0.4, 0.5) is 0 Å². The normalized spacial score (nSPS) is 18.2. The minimum absolute atomic E-state index is 0.245. The van der Waals surface area contributed by atoms with Gasteiger partial charge in [0, 0.05) is 65.3 Å². The van der Waals surface area contributed by atoms with Gasteiger partial charge in [-0.15, -0.1) is 0 Å². The van der Waals surface area contributed by atoms with E-state index in [0.29, 0.717) is 17.7 Å². The summed E-state index contributed by atoms with van der Waals surface area (Å²) in [5.74, 6) is 0. The Morgan fingerprint density at radius 3 is 2.85 bits per heavy atom. The summed E-state index contributed by atoms with van der Waals surface area (Å²) in [5.41, 5.74) is 1.39. The molecule has 0 amide bonds. The van der Waals surface area contributed by atoms with E-state index in [1.165, 1.54) is 17.2 Å². The van der Waals surface area contributed by atoms with Gasteiger partial charge in [-0.2, -0.15) is 0 Å². The number of hydrogen-bond acceptors (Lipinski definition) is 6. The first-order valence-corrected chi connectivity index (χ1v) is 9.03. The molecule has 9 heteroatoms. The van der Waals surface area contributed by atoms with E-state index in [1.807, 2.05) is 16.8 Å². The first-order valence-electron chi connectivity index (χ1n) is 9.03. The molecule has 0 saturated carbocycles. The van der Waals surface area contributed by atoms with Gasteiger partial charge in [-0.25, -0.2) is 9.78 Å². The first-order chi connectivity index (χ1) is 13.1. The third-order valence-corrected chi connectivity index (χ3v) is 5.27. The Morgan fingerprint density at radius 2 is 2.07 bits per heavy atom. The molecule has 0 radical (unpaired) electrons. The Morgan fingerprint density at radius 1 is 1.22 bits per heavy atom. The van der Waals surface area contributed by atoms with E-state index in [-0.39, 0.29) is 17.3 Å². The largest absolute Gasteiger partial charge is 0.332 e. The van der Waals surface area contributed by atoms with Crippen LogP contribution in [-0.2, 0) is 20.6 Å². The molecule has 1 N–H and O–H groups in total. The van der Waals surface area contributed by atoms with Gasteiger partial charge in [0.25, 0.3) is 5.56 Å². The third-order valence-electron chi connectivity index (χ3n) is 5.27. The molecule has 27 heavy (non-hydrogen) atoms. The summed E-state index contributed by atoms with van der Waals surface area (Å²) in [7, 11) is 3.13. The molecule has 1 aliphatic heterocycles. The first kappa shape index (κ1) is 17.6. The molecule has 0 bridgehead atoms. The Labute approximate surface area is 155 Å². The lowest BCUT2D eigenvalue weighted by Crippen LogP contribution is -2.47. The number of aryl methyl sites for hydroxylation is 1. The van der Waals surface area contributed by atoms with Crippen molar-refractivity contribution >= 4 is 11.2 Å². The molecule has 4 heterocycles. The fraction of sp³-hybridized carbons (Fsp3) is 0.444. The maximum Gasteiger partial charge on any atom is 0.332 e. The van der Waals surface area contributed by atoms with Gasteiger partial charge in [-0.05, 0) is 11.6 Å². The molecule has 1 atom stereocenters. The number of imidazole rings is 1. The van der Waals surface area contributed by atoms with Crippen molar-refractivity contribution in [1.82, 2.24) is 33.9 Å². The van der Waals surface area contributed by atoms with Crippen LogP contribution in [0, 0.1) is 0 Å². The van der Waals surface area contributed by atoms with Gasteiger partial charge in [0.05, 0.1) is 6.33 Å². The summed E-state index contributed by atoms with van der Waals surface area (Å²) < 4.78 is 4.39. The van der Waals surface area contributed by atoms with Crippen LogP contribution >= 0.6 is 0 Å². The van der Waals surface area contributed by atoms with Gasteiger partial charge >= 0.3 is 5.69 Å². The molecule has 4 rings (SSSR count). The number of nitrogens with one attached hydrogen (secondary N) is 1. The van der Waals surface area contributed by atoms with E-state index < -0.39 is 0 Å². The molecular formula is C18H23N7O2. The highest BCUT2D eigenvalue weighted by Crippen LogP contribution is 2.21. The monoisotopic (exact) mass is 369 g/mol. The molecule has 1 fully saturated rings. The van der Waals surface area contributed by atoms with Crippen molar-refractivity contribution in [3.05, 3.63) is 57.3 Å². The van der Waals surface area contributed by atoms with Gasteiger partial charge in [0.2, 0.25) is 0 Å². The van der Waals surface area contributed by atoms with Gasteiger partial charge < -0.3 is 9.88 Å². The van der Waals surface area contributed by atoms with Crippen molar-refractivity contribution in [2.45, 2.75) is 12.6 Å². The van der Waals surface area contributed by atoms with E-state index in [1.54, 1.807) is 19.6 Å². The zero-order chi connectivity index (χ0) is 19.0. The zero-order valence-electron chi connectivity index (χ0n) is 15.5. The van der Waals surface area contributed by atoms with E-state index >= 15 is 0 Å². The second-order valence-electron chi connectivity index (χ2n) is 6.86. The van der Waals surface area contributed by atoms with E-state index in [4.69, 9.17) is 0 Å². The second kappa shape index (κ2) is 7.09. The second-order valence-corrected chi connectivity index (χ2v) is 6.86. The van der Waals surface area contributed by atoms with Crippen LogP contribution in [-0.4, -0.2) is 54.7 Å². The van der Waals surface area contributed by atoms with Crippen LogP contribution in [0.15, 0.2) is 40.4 Å². The highest BCUT2D eigenvalue weighted by atomic mass is 16.2. The van der Waals surface area contributed by atoms with Gasteiger partial charge in [0.1, 0.15) is 0 Å². The summed E-state index contributed by atoms with van der Waals surface area (Å²) in [5, 5.41) is 3.44. The molecule has 0 aromatic carbocycles. The van der Waals surface area contributed by atoms with Gasteiger partial charge in [-0.3, -0.25) is 23.8 Å². The Bertz CT molecular complexity index is 1070. The molecule has 3 aromatic rings. The lowest BCUT2D eigenvalue weighted by Gasteiger charge is -2.36. The zero-order valence-corrected chi connectivity index (χ0v) is 15.5. The minimum atomic E-state index is -0.364. The average Bonchev–Trinajstić information content (AvgIpc) is 3.14. The predicted molar refractivity (Wildman–Crippen MR) is 102 cm³/mol. The molecule has 0 spiro atoms. The molecule has 0 aliphatic carbocycles. The predicted octanol–water partition coefficient (Wildman–Crippen LogP) is -0.525. The summed E-state index contributed by atoms with van der Waals surface area (Å²) >= 11 is 0. The molecule has 1 unspecified atom stereocenters. The highest BCUT2D eigenvalue weighted by Gasteiger charge is 2.24. The van der Waals surface area contributed by atoms with Crippen molar-refractivity contribution in [1.29, 1.82) is 0 Å². The van der Waals surface area contributed by atoms with Crippen LogP contribution < -0.4 is 16.6 Å². The lowest BCUT2D eigenvalue weighted by atomic mass is 10.1. The molecule has 9 nitrogen and oxygen atoms in total. The van der Waals surface area contributed by atoms with Crippen molar-refractivity contribution in [3.63, 3.8) is 0 Å². The highest BCUT2D eigenvalue weighted by molar-refractivity contribution is 5.69. The third kappa shape index (κ3) is 3.08. The SMILES string of the molecule is Cn1c(=O)c2c(ncn2CCN2CCNCC2c2cccnc2)n(C)c1=O. The maximum atomic E-state index is 12.6. The quantitative estimate of drug-likeness (QED) is 0.665. The van der Waals surface area contributed by atoms with E-state index in [9.17, 15) is 9.59 Å². The van der Waals surface area contributed by atoms with Crippen LogP contribution in [0.1, 0.15) is 11.6 Å². The molecule has 1 aliphatic rings.